The molecule has 1 rings (SSSR count). The molecule has 2 N–H and O–H groups in total. The van der Waals surface area contributed by atoms with Crippen molar-refractivity contribution in [3.05, 3.63) is 29.6 Å². The van der Waals surface area contributed by atoms with Gasteiger partial charge in [0.2, 0.25) is 0 Å². The molecule has 0 spiro atoms. The second kappa shape index (κ2) is 4.03. The van der Waals surface area contributed by atoms with Gasteiger partial charge in [0.25, 0.3) is 0 Å². The van der Waals surface area contributed by atoms with Crippen LogP contribution in [-0.4, -0.2) is 5.84 Å². The number of rotatable bonds is 2. The molecule has 3 heteroatoms. The number of nitrogens with two attached hydrogens (primary N) is 1. The molecule has 0 unspecified atom stereocenters. The molecule has 0 saturated heterocycles. The van der Waals surface area contributed by atoms with E-state index in [0.717, 1.165) is 5.56 Å². The number of hydrogen-bond acceptors (Lipinski definition) is 1. The maximum atomic E-state index is 12.8. The minimum Gasteiger partial charge on any atom is -0.387 e. The van der Waals surface area contributed by atoms with Crippen molar-refractivity contribution >= 4 is 11.5 Å². The van der Waals surface area contributed by atoms with Gasteiger partial charge in [0, 0.05) is 6.42 Å². The molecule has 0 aliphatic carbocycles. The largest absolute Gasteiger partial charge is 0.387 e. The van der Waals surface area contributed by atoms with Gasteiger partial charge in [-0.25, -0.2) is 9.38 Å². The number of aliphatic imine (C=N–C) groups is 1. The molecule has 0 heterocycles. The molecular formula is C10H13FN2. The number of hydrogen-bond donors (Lipinski definition) is 1. The lowest BCUT2D eigenvalue weighted by Crippen LogP contribution is -2.08. The van der Waals surface area contributed by atoms with Crippen molar-refractivity contribution in [2.75, 3.05) is 0 Å². The molecule has 2 nitrogen and oxygen atoms in total. The van der Waals surface area contributed by atoms with Crippen LogP contribution >= 0.6 is 0 Å². The third-order valence-corrected chi connectivity index (χ3v) is 1.80. The van der Waals surface area contributed by atoms with E-state index >= 15 is 0 Å². The number of benzene rings is 1. The van der Waals surface area contributed by atoms with E-state index in [1.165, 1.54) is 12.1 Å². The fourth-order valence-corrected chi connectivity index (χ4v) is 0.937. The molecule has 13 heavy (non-hydrogen) atoms. The Morgan fingerprint density at radius 3 is 2.85 bits per heavy atom. The van der Waals surface area contributed by atoms with Crippen LogP contribution in [0, 0.1) is 12.7 Å². The van der Waals surface area contributed by atoms with Crippen LogP contribution in [0.4, 0.5) is 10.1 Å². The van der Waals surface area contributed by atoms with Crippen molar-refractivity contribution in [1.82, 2.24) is 0 Å². The summed E-state index contributed by atoms with van der Waals surface area (Å²) in [6.45, 7) is 3.79. The Balaban J connectivity index is 3.07. The summed E-state index contributed by atoms with van der Waals surface area (Å²) in [5.74, 6) is 0.238. The number of aryl methyl sites for hydroxylation is 1. The van der Waals surface area contributed by atoms with Crippen molar-refractivity contribution < 1.29 is 4.39 Å². The zero-order valence-electron chi connectivity index (χ0n) is 7.84. The third-order valence-electron chi connectivity index (χ3n) is 1.80. The molecule has 0 saturated carbocycles. The smallest absolute Gasteiger partial charge is 0.125 e. The first kappa shape index (κ1) is 9.71. The van der Waals surface area contributed by atoms with E-state index < -0.39 is 0 Å². The molecule has 1 aromatic carbocycles. The molecule has 0 aromatic heterocycles. The van der Waals surface area contributed by atoms with Gasteiger partial charge in [0.1, 0.15) is 5.82 Å². The van der Waals surface area contributed by atoms with E-state index in [9.17, 15) is 4.39 Å². The van der Waals surface area contributed by atoms with Gasteiger partial charge in [-0.3, -0.25) is 0 Å². The van der Waals surface area contributed by atoms with E-state index in [2.05, 4.69) is 4.99 Å². The molecule has 0 fully saturated rings. The molecule has 70 valence electrons. The monoisotopic (exact) mass is 180 g/mol. The molecule has 0 amide bonds. The minimum absolute atomic E-state index is 0.284. The molecule has 0 radical (unpaired) electrons. The van der Waals surface area contributed by atoms with Gasteiger partial charge in [0.05, 0.1) is 11.5 Å². The Morgan fingerprint density at radius 1 is 1.54 bits per heavy atom. The van der Waals surface area contributed by atoms with Crippen LogP contribution in [-0.2, 0) is 0 Å². The highest BCUT2D eigenvalue weighted by molar-refractivity contribution is 5.83. The van der Waals surface area contributed by atoms with Gasteiger partial charge in [-0.15, -0.1) is 0 Å². The van der Waals surface area contributed by atoms with Gasteiger partial charge in [-0.1, -0.05) is 13.0 Å². The Hall–Kier alpha value is -1.38. The van der Waals surface area contributed by atoms with Crippen molar-refractivity contribution in [2.24, 2.45) is 10.7 Å². The van der Waals surface area contributed by atoms with Gasteiger partial charge >= 0.3 is 0 Å². The van der Waals surface area contributed by atoms with Crippen LogP contribution in [0.3, 0.4) is 0 Å². The predicted molar refractivity (Wildman–Crippen MR) is 52.7 cm³/mol. The van der Waals surface area contributed by atoms with E-state index in [4.69, 9.17) is 5.73 Å². The van der Waals surface area contributed by atoms with Crippen LogP contribution in [0.1, 0.15) is 18.9 Å². The van der Waals surface area contributed by atoms with Crippen LogP contribution < -0.4 is 5.73 Å². The summed E-state index contributed by atoms with van der Waals surface area (Å²) in [5.41, 5.74) is 7.09. The standard InChI is InChI=1S/C10H13FN2/c1-3-10(12)13-9-6-8(11)5-4-7(9)2/h4-6H,3H2,1-2H3,(H2,12,13). The zero-order valence-corrected chi connectivity index (χ0v) is 7.84. The lowest BCUT2D eigenvalue weighted by atomic mass is 10.2. The topological polar surface area (TPSA) is 38.4 Å². The van der Waals surface area contributed by atoms with Crippen molar-refractivity contribution in [1.29, 1.82) is 0 Å². The number of nitrogens with zero attached hydrogens (tertiary/aromatic N) is 1. The zero-order chi connectivity index (χ0) is 9.84. The number of halogens is 1. The van der Waals surface area contributed by atoms with Crippen LogP contribution in [0.25, 0.3) is 0 Å². The van der Waals surface area contributed by atoms with Crippen molar-refractivity contribution in [2.45, 2.75) is 20.3 Å². The van der Waals surface area contributed by atoms with Crippen molar-refractivity contribution in [3.8, 4) is 0 Å². The summed E-state index contributed by atoms with van der Waals surface area (Å²) in [4.78, 5) is 4.09. The van der Waals surface area contributed by atoms with E-state index in [1.807, 2.05) is 13.8 Å². The Morgan fingerprint density at radius 2 is 2.23 bits per heavy atom. The number of amidine groups is 1. The molecule has 0 aliphatic rings. The minimum atomic E-state index is -0.284. The summed E-state index contributed by atoms with van der Waals surface area (Å²) in [7, 11) is 0. The fraction of sp³-hybridized carbons (Fsp3) is 0.300. The summed E-state index contributed by atoms with van der Waals surface area (Å²) in [6, 6.07) is 4.49. The molecule has 1 aromatic rings. The quantitative estimate of drug-likeness (QED) is 0.551. The second-order valence-electron chi connectivity index (χ2n) is 2.89. The Kier molecular flexibility index (Phi) is 3.01. The van der Waals surface area contributed by atoms with Gasteiger partial charge < -0.3 is 5.73 Å². The summed E-state index contributed by atoms with van der Waals surface area (Å²) < 4.78 is 12.8. The lowest BCUT2D eigenvalue weighted by Gasteiger charge is -2.01. The first-order chi connectivity index (χ1) is 6.13. The van der Waals surface area contributed by atoms with Crippen LogP contribution in [0.2, 0.25) is 0 Å². The highest BCUT2D eigenvalue weighted by Crippen LogP contribution is 2.19. The van der Waals surface area contributed by atoms with Gasteiger partial charge in [-0.2, -0.15) is 0 Å². The lowest BCUT2D eigenvalue weighted by molar-refractivity contribution is 0.628. The van der Waals surface area contributed by atoms with E-state index in [0.29, 0.717) is 17.9 Å². The summed E-state index contributed by atoms with van der Waals surface area (Å²) in [5, 5.41) is 0. The average Bonchev–Trinajstić information content (AvgIpc) is 2.11. The van der Waals surface area contributed by atoms with Crippen LogP contribution in [0.15, 0.2) is 23.2 Å². The van der Waals surface area contributed by atoms with Crippen molar-refractivity contribution in [3.63, 3.8) is 0 Å². The highest BCUT2D eigenvalue weighted by atomic mass is 19.1. The SMILES string of the molecule is CCC(N)=Nc1cc(F)ccc1C. The summed E-state index contributed by atoms with van der Waals surface area (Å²) in [6.07, 6.45) is 0.677. The maximum absolute atomic E-state index is 12.8. The second-order valence-corrected chi connectivity index (χ2v) is 2.89. The summed E-state index contributed by atoms with van der Waals surface area (Å²) >= 11 is 0. The van der Waals surface area contributed by atoms with E-state index in [-0.39, 0.29) is 5.82 Å². The average molecular weight is 180 g/mol. The third kappa shape index (κ3) is 2.54. The molecule has 0 atom stereocenters. The Labute approximate surface area is 77.3 Å². The first-order valence-electron chi connectivity index (χ1n) is 4.22. The Bertz CT molecular complexity index is 332. The normalized spacial score (nSPS) is 11.8. The fourth-order valence-electron chi connectivity index (χ4n) is 0.937. The van der Waals surface area contributed by atoms with Crippen LogP contribution in [0.5, 0.6) is 0 Å². The first-order valence-corrected chi connectivity index (χ1v) is 4.22. The molecular weight excluding hydrogens is 167 g/mol. The highest BCUT2D eigenvalue weighted by Gasteiger charge is 1.98. The van der Waals surface area contributed by atoms with E-state index in [1.54, 1.807) is 6.07 Å². The maximum Gasteiger partial charge on any atom is 0.125 e. The predicted octanol–water partition coefficient (Wildman–Crippen LogP) is 2.53. The van der Waals surface area contributed by atoms with Gasteiger partial charge in [0.15, 0.2) is 0 Å². The molecule has 0 bridgehead atoms. The molecule has 0 aliphatic heterocycles. The van der Waals surface area contributed by atoms with Gasteiger partial charge in [-0.05, 0) is 24.6 Å².